The van der Waals surface area contributed by atoms with Gasteiger partial charge in [0, 0.05) is 16.8 Å². The lowest BCUT2D eigenvalue weighted by atomic mass is 10.1. The smallest absolute Gasteiger partial charge is 0.261 e. The number of amides is 2. The number of halogens is 1. The van der Waals surface area contributed by atoms with Gasteiger partial charge < -0.3 is 5.32 Å². The van der Waals surface area contributed by atoms with E-state index >= 15 is 0 Å². The summed E-state index contributed by atoms with van der Waals surface area (Å²) in [6.45, 7) is 0.902. The number of hydrogen-bond acceptors (Lipinski definition) is 5. The average molecular weight is 384 g/mol. The maximum absolute atomic E-state index is 12.4. The van der Waals surface area contributed by atoms with E-state index < -0.39 is 0 Å². The number of carbonyl (C=O) groups is 2. The van der Waals surface area contributed by atoms with E-state index in [1.165, 1.54) is 16.2 Å². The van der Waals surface area contributed by atoms with Crippen LogP contribution >= 0.6 is 22.9 Å². The Morgan fingerprint density at radius 1 is 1.00 bits per heavy atom. The molecular formula is C19H14ClN3O2S. The molecule has 1 N–H and O–H groups in total. The zero-order chi connectivity index (χ0) is 18.1. The van der Waals surface area contributed by atoms with Crippen molar-refractivity contribution in [2.75, 3.05) is 5.32 Å². The summed E-state index contributed by atoms with van der Waals surface area (Å²) in [5.74, 6) is -0.482. The largest absolute Gasteiger partial charge is 0.380 e. The molecule has 4 rings (SSSR count). The summed E-state index contributed by atoms with van der Waals surface area (Å²) < 4.78 is 0.526. The van der Waals surface area contributed by atoms with Gasteiger partial charge in [-0.3, -0.25) is 14.5 Å². The molecule has 0 unspecified atom stereocenters. The lowest BCUT2D eigenvalue weighted by Crippen LogP contribution is -2.29. The number of fused-ring (bicyclic) bond motifs is 1. The first-order chi connectivity index (χ1) is 12.6. The number of anilines is 1. The minimum atomic E-state index is -0.241. The van der Waals surface area contributed by atoms with Crippen molar-refractivity contribution in [2.24, 2.45) is 0 Å². The zero-order valence-corrected chi connectivity index (χ0v) is 15.2. The van der Waals surface area contributed by atoms with Gasteiger partial charge in [-0.1, -0.05) is 35.9 Å². The fourth-order valence-corrected chi connectivity index (χ4v) is 3.77. The first-order valence-electron chi connectivity index (χ1n) is 8.00. The molecule has 1 aliphatic heterocycles. The SMILES string of the molecule is O=C1c2ccccc2C(=O)N1Cc1ccc(NCc2cnc(Cl)s2)cc1. The van der Waals surface area contributed by atoms with Gasteiger partial charge in [-0.05, 0) is 29.8 Å². The van der Waals surface area contributed by atoms with Gasteiger partial charge in [0.1, 0.15) is 0 Å². The average Bonchev–Trinajstić information content (AvgIpc) is 3.18. The molecule has 0 spiro atoms. The summed E-state index contributed by atoms with van der Waals surface area (Å²) in [6.07, 6.45) is 1.75. The number of imide groups is 1. The van der Waals surface area contributed by atoms with Crippen LogP contribution in [0.15, 0.2) is 54.7 Å². The predicted octanol–water partition coefficient (Wildman–Crippen LogP) is 4.20. The van der Waals surface area contributed by atoms with Crippen LogP contribution in [0.25, 0.3) is 0 Å². The molecule has 2 aromatic carbocycles. The molecule has 2 heterocycles. The molecule has 26 heavy (non-hydrogen) atoms. The Kier molecular flexibility index (Phi) is 4.44. The Hall–Kier alpha value is -2.70. The van der Waals surface area contributed by atoms with E-state index in [2.05, 4.69) is 10.3 Å². The van der Waals surface area contributed by atoms with E-state index in [0.29, 0.717) is 22.1 Å². The number of aromatic nitrogens is 1. The van der Waals surface area contributed by atoms with Crippen LogP contribution in [0.2, 0.25) is 4.47 Å². The van der Waals surface area contributed by atoms with Crippen molar-refractivity contribution >= 4 is 40.4 Å². The van der Waals surface area contributed by atoms with Crippen LogP contribution in [0.5, 0.6) is 0 Å². The highest BCUT2D eigenvalue weighted by Crippen LogP contribution is 2.25. The molecule has 0 aliphatic carbocycles. The normalized spacial score (nSPS) is 13.2. The Morgan fingerprint density at radius 2 is 1.65 bits per heavy atom. The van der Waals surface area contributed by atoms with Gasteiger partial charge >= 0.3 is 0 Å². The summed E-state index contributed by atoms with van der Waals surface area (Å²) in [6, 6.07) is 14.6. The maximum atomic E-state index is 12.4. The molecule has 1 aromatic heterocycles. The number of benzene rings is 2. The summed E-state index contributed by atoms with van der Waals surface area (Å²) >= 11 is 7.26. The van der Waals surface area contributed by atoms with Gasteiger partial charge in [-0.2, -0.15) is 0 Å². The Bertz CT molecular complexity index is 949. The van der Waals surface area contributed by atoms with Crippen molar-refractivity contribution in [1.29, 1.82) is 0 Å². The summed E-state index contributed by atoms with van der Waals surface area (Å²) in [4.78, 5) is 31.2. The topological polar surface area (TPSA) is 62.3 Å². The predicted molar refractivity (Wildman–Crippen MR) is 102 cm³/mol. The zero-order valence-electron chi connectivity index (χ0n) is 13.6. The fourth-order valence-electron chi connectivity index (χ4n) is 2.85. The molecule has 130 valence electrons. The monoisotopic (exact) mass is 383 g/mol. The van der Waals surface area contributed by atoms with Crippen LogP contribution in [0.3, 0.4) is 0 Å². The summed E-state index contributed by atoms with van der Waals surface area (Å²) in [7, 11) is 0. The first-order valence-corrected chi connectivity index (χ1v) is 9.19. The minimum Gasteiger partial charge on any atom is -0.380 e. The fraction of sp³-hybridized carbons (Fsp3) is 0.105. The summed E-state index contributed by atoms with van der Waals surface area (Å²) in [5, 5.41) is 3.29. The third-order valence-electron chi connectivity index (χ3n) is 4.16. The van der Waals surface area contributed by atoms with Gasteiger partial charge in [-0.15, -0.1) is 11.3 Å². The molecule has 0 bridgehead atoms. The minimum absolute atomic E-state index is 0.241. The number of nitrogens with one attached hydrogen (secondary N) is 1. The van der Waals surface area contributed by atoms with E-state index in [-0.39, 0.29) is 18.4 Å². The van der Waals surface area contributed by atoms with E-state index in [1.54, 1.807) is 30.5 Å². The second-order valence-corrected chi connectivity index (χ2v) is 7.57. The number of carbonyl (C=O) groups excluding carboxylic acids is 2. The highest BCUT2D eigenvalue weighted by Gasteiger charge is 2.34. The highest BCUT2D eigenvalue weighted by molar-refractivity contribution is 7.15. The first kappa shape index (κ1) is 16.8. The lowest BCUT2D eigenvalue weighted by Gasteiger charge is -2.14. The molecule has 1 aliphatic rings. The molecule has 7 heteroatoms. The van der Waals surface area contributed by atoms with Gasteiger partial charge in [0.15, 0.2) is 4.47 Å². The van der Waals surface area contributed by atoms with E-state index in [0.717, 1.165) is 16.1 Å². The number of rotatable bonds is 5. The number of thiazole rings is 1. The highest BCUT2D eigenvalue weighted by atomic mass is 35.5. The standard InChI is InChI=1S/C19H14ClN3O2S/c20-19-22-10-14(26-19)9-21-13-7-5-12(6-8-13)11-23-17(24)15-3-1-2-4-16(15)18(23)25/h1-8,10,21H,9,11H2. The maximum Gasteiger partial charge on any atom is 0.261 e. The van der Waals surface area contributed by atoms with Gasteiger partial charge in [0.05, 0.1) is 24.2 Å². The van der Waals surface area contributed by atoms with Crippen molar-refractivity contribution in [2.45, 2.75) is 13.1 Å². The molecule has 0 fully saturated rings. The number of nitrogens with zero attached hydrogens (tertiary/aromatic N) is 2. The van der Waals surface area contributed by atoms with Gasteiger partial charge in [0.25, 0.3) is 11.8 Å². The molecule has 0 atom stereocenters. The Labute approximate surface area is 159 Å². The van der Waals surface area contributed by atoms with E-state index in [1.807, 2.05) is 24.3 Å². The van der Waals surface area contributed by atoms with Crippen LogP contribution in [0.4, 0.5) is 5.69 Å². The van der Waals surface area contributed by atoms with Crippen molar-refractivity contribution in [3.8, 4) is 0 Å². The third-order valence-corrected chi connectivity index (χ3v) is 5.28. The molecular weight excluding hydrogens is 370 g/mol. The van der Waals surface area contributed by atoms with Crippen LogP contribution in [0, 0.1) is 0 Å². The Balaban J connectivity index is 1.42. The molecule has 5 nitrogen and oxygen atoms in total. The Morgan fingerprint density at radius 3 is 2.23 bits per heavy atom. The van der Waals surface area contributed by atoms with Crippen molar-refractivity contribution in [3.05, 3.63) is 80.8 Å². The quantitative estimate of drug-likeness (QED) is 0.670. The van der Waals surface area contributed by atoms with Crippen molar-refractivity contribution in [1.82, 2.24) is 9.88 Å². The molecule has 0 saturated carbocycles. The molecule has 2 amide bonds. The van der Waals surface area contributed by atoms with Crippen molar-refractivity contribution < 1.29 is 9.59 Å². The number of hydrogen-bond donors (Lipinski definition) is 1. The molecule has 0 saturated heterocycles. The summed E-state index contributed by atoms with van der Waals surface area (Å²) in [5.41, 5.74) is 2.78. The second-order valence-electron chi connectivity index (χ2n) is 5.87. The third kappa shape index (κ3) is 3.21. The van der Waals surface area contributed by atoms with E-state index in [9.17, 15) is 9.59 Å². The van der Waals surface area contributed by atoms with Crippen LogP contribution in [0.1, 0.15) is 31.2 Å². The van der Waals surface area contributed by atoms with Crippen molar-refractivity contribution in [3.63, 3.8) is 0 Å². The lowest BCUT2D eigenvalue weighted by molar-refractivity contribution is 0.0642. The van der Waals surface area contributed by atoms with Gasteiger partial charge in [-0.25, -0.2) is 4.98 Å². The molecule has 3 aromatic rings. The van der Waals surface area contributed by atoms with Gasteiger partial charge in [0.2, 0.25) is 0 Å². The van der Waals surface area contributed by atoms with Crippen LogP contribution in [-0.4, -0.2) is 21.7 Å². The van der Waals surface area contributed by atoms with Crippen LogP contribution in [-0.2, 0) is 13.1 Å². The van der Waals surface area contributed by atoms with E-state index in [4.69, 9.17) is 11.6 Å². The second kappa shape index (κ2) is 6.90. The van der Waals surface area contributed by atoms with Crippen LogP contribution < -0.4 is 5.32 Å². The molecule has 0 radical (unpaired) electrons.